The van der Waals surface area contributed by atoms with Crippen LogP contribution in [0.4, 0.5) is 0 Å². The molecule has 1 saturated heterocycles. The average Bonchev–Trinajstić information content (AvgIpc) is 3.17. The molecule has 0 saturated carbocycles. The molecule has 4 N–H and O–H groups in total. The largest absolute Gasteiger partial charge is 0.464 e. The van der Waals surface area contributed by atoms with Crippen molar-refractivity contribution in [2.75, 3.05) is 6.61 Å². The molecule has 0 radical (unpaired) electrons. The van der Waals surface area contributed by atoms with Gasteiger partial charge in [-0.05, 0) is 49.9 Å². The molecule has 7 heteroatoms. The second kappa shape index (κ2) is 8.98. The number of aliphatic hydroxyl groups is 4. The van der Waals surface area contributed by atoms with E-state index in [2.05, 4.69) is 32.0 Å². The van der Waals surface area contributed by atoms with Gasteiger partial charge in [-0.2, -0.15) is 0 Å². The number of ether oxygens (including phenoxy) is 2. The standard InChI is InChI=1S/C24H28O7/c1-13-6-7-15(14(2)10-13)8-9-16-12-29-17-4-3-5-18(20(16)17)30-24-23(28)22(27)21(26)19(11-25)31-24/h3-7,10,12,19,21-28H,8-9,11H2,1-2H3/t19-,21-,22+,23-,24-/m1/s1. The summed E-state index contributed by atoms with van der Waals surface area (Å²) in [6, 6.07) is 11.7. The van der Waals surface area contributed by atoms with Gasteiger partial charge in [-0.25, -0.2) is 0 Å². The summed E-state index contributed by atoms with van der Waals surface area (Å²) in [6.45, 7) is 3.66. The SMILES string of the molecule is Cc1ccc(CCc2coc3cccc(O[C@@H]4O[C@H](CO)[C@@H](O)[C@H](O)[C@H]4O)c23)c(C)c1. The Morgan fingerprint density at radius 1 is 0.935 bits per heavy atom. The van der Waals surface area contributed by atoms with E-state index in [0.29, 0.717) is 11.3 Å². The topological polar surface area (TPSA) is 113 Å². The maximum Gasteiger partial charge on any atom is 0.229 e. The molecule has 2 aromatic carbocycles. The Hall–Kier alpha value is -2.42. The van der Waals surface area contributed by atoms with Crippen LogP contribution in [0.1, 0.15) is 22.3 Å². The monoisotopic (exact) mass is 428 g/mol. The molecular weight excluding hydrogens is 400 g/mol. The van der Waals surface area contributed by atoms with E-state index in [-0.39, 0.29) is 0 Å². The van der Waals surface area contributed by atoms with Crippen molar-refractivity contribution in [3.8, 4) is 5.75 Å². The van der Waals surface area contributed by atoms with Gasteiger partial charge in [0.2, 0.25) is 6.29 Å². The predicted molar refractivity (Wildman–Crippen MR) is 114 cm³/mol. The second-order valence-electron chi connectivity index (χ2n) is 8.14. The maximum atomic E-state index is 10.3. The number of rotatable bonds is 6. The summed E-state index contributed by atoms with van der Waals surface area (Å²) < 4.78 is 17.1. The third-order valence-electron chi connectivity index (χ3n) is 5.89. The molecule has 4 rings (SSSR count). The van der Waals surface area contributed by atoms with Crippen LogP contribution >= 0.6 is 0 Å². The van der Waals surface area contributed by atoms with E-state index in [1.54, 1.807) is 18.4 Å². The van der Waals surface area contributed by atoms with Crippen molar-refractivity contribution in [1.29, 1.82) is 0 Å². The van der Waals surface area contributed by atoms with Crippen LogP contribution in [0.25, 0.3) is 11.0 Å². The van der Waals surface area contributed by atoms with Gasteiger partial charge in [0, 0.05) is 5.56 Å². The molecular formula is C24H28O7. The fourth-order valence-electron chi connectivity index (χ4n) is 4.09. The zero-order valence-corrected chi connectivity index (χ0v) is 17.6. The number of hydrogen-bond acceptors (Lipinski definition) is 7. The summed E-state index contributed by atoms with van der Waals surface area (Å²) in [6.07, 6.45) is -3.42. The molecule has 1 fully saturated rings. The number of furan rings is 1. The molecule has 2 heterocycles. The summed E-state index contributed by atoms with van der Waals surface area (Å²) >= 11 is 0. The van der Waals surface area contributed by atoms with Gasteiger partial charge in [0.25, 0.3) is 0 Å². The third kappa shape index (κ3) is 4.33. The Bertz CT molecular complexity index is 1040. The van der Waals surface area contributed by atoms with Crippen LogP contribution in [-0.2, 0) is 17.6 Å². The molecule has 0 bridgehead atoms. The van der Waals surface area contributed by atoms with E-state index in [0.717, 1.165) is 23.8 Å². The van der Waals surface area contributed by atoms with Crippen LogP contribution in [0.2, 0.25) is 0 Å². The first kappa shape index (κ1) is 21.8. The second-order valence-corrected chi connectivity index (χ2v) is 8.14. The Labute approximate surface area is 180 Å². The average molecular weight is 428 g/mol. The number of hydrogen-bond donors (Lipinski definition) is 4. The quantitative estimate of drug-likeness (QED) is 0.475. The predicted octanol–water partition coefficient (Wildman–Crippen LogP) is 2.01. The van der Waals surface area contributed by atoms with Gasteiger partial charge < -0.3 is 34.3 Å². The van der Waals surface area contributed by atoms with Crippen LogP contribution in [0.3, 0.4) is 0 Å². The van der Waals surface area contributed by atoms with Gasteiger partial charge in [0.05, 0.1) is 18.3 Å². The van der Waals surface area contributed by atoms with Crippen LogP contribution < -0.4 is 4.74 Å². The first-order valence-electron chi connectivity index (χ1n) is 10.4. The number of fused-ring (bicyclic) bond motifs is 1. The zero-order chi connectivity index (χ0) is 22.1. The molecule has 0 unspecified atom stereocenters. The van der Waals surface area contributed by atoms with E-state index in [1.807, 2.05) is 6.07 Å². The summed E-state index contributed by atoms with van der Waals surface area (Å²) in [5.41, 5.74) is 5.32. The lowest BCUT2D eigenvalue weighted by molar-refractivity contribution is -0.277. The molecule has 0 spiro atoms. The minimum absolute atomic E-state index is 0.436. The Kier molecular flexibility index (Phi) is 6.31. The number of aryl methyl sites for hydroxylation is 4. The maximum absolute atomic E-state index is 10.3. The summed E-state index contributed by atoms with van der Waals surface area (Å²) in [5.74, 6) is 0.436. The minimum Gasteiger partial charge on any atom is -0.464 e. The van der Waals surface area contributed by atoms with Crippen molar-refractivity contribution in [2.24, 2.45) is 0 Å². The van der Waals surface area contributed by atoms with Crippen molar-refractivity contribution >= 4 is 11.0 Å². The molecule has 31 heavy (non-hydrogen) atoms. The van der Waals surface area contributed by atoms with E-state index in [9.17, 15) is 20.4 Å². The number of aliphatic hydroxyl groups excluding tert-OH is 4. The fraction of sp³-hybridized carbons (Fsp3) is 0.417. The van der Waals surface area contributed by atoms with E-state index < -0.39 is 37.3 Å². The van der Waals surface area contributed by atoms with Crippen molar-refractivity contribution in [1.82, 2.24) is 0 Å². The molecule has 0 amide bonds. The van der Waals surface area contributed by atoms with Crippen molar-refractivity contribution < 1.29 is 34.3 Å². The molecule has 0 aliphatic carbocycles. The van der Waals surface area contributed by atoms with Gasteiger partial charge >= 0.3 is 0 Å². The smallest absolute Gasteiger partial charge is 0.229 e. The highest BCUT2D eigenvalue weighted by atomic mass is 16.7. The lowest BCUT2D eigenvalue weighted by Crippen LogP contribution is -2.60. The third-order valence-corrected chi connectivity index (χ3v) is 5.89. The van der Waals surface area contributed by atoms with Crippen LogP contribution in [0, 0.1) is 13.8 Å². The van der Waals surface area contributed by atoms with Gasteiger partial charge in [-0.3, -0.25) is 0 Å². The highest BCUT2D eigenvalue weighted by Gasteiger charge is 2.44. The summed E-state index contributed by atoms with van der Waals surface area (Å²) in [7, 11) is 0. The zero-order valence-electron chi connectivity index (χ0n) is 17.6. The lowest BCUT2D eigenvalue weighted by atomic mass is 9.98. The van der Waals surface area contributed by atoms with Crippen LogP contribution in [0.5, 0.6) is 5.75 Å². The Morgan fingerprint density at radius 3 is 2.45 bits per heavy atom. The Balaban J connectivity index is 1.58. The minimum atomic E-state index is -1.50. The van der Waals surface area contributed by atoms with Crippen molar-refractivity contribution in [2.45, 2.75) is 57.4 Å². The van der Waals surface area contributed by atoms with Gasteiger partial charge in [-0.1, -0.05) is 29.8 Å². The molecule has 3 aromatic rings. The first-order valence-corrected chi connectivity index (χ1v) is 10.4. The highest BCUT2D eigenvalue weighted by Crippen LogP contribution is 2.34. The molecule has 5 atom stereocenters. The van der Waals surface area contributed by atoms with E-state index in [4.69, 9.17) is 13.9 Å². The van der Waals surface area contributed by atoms with Gasteiger partial charge in [0.1, 0.15) is 35.7 Å². The number of benzene rings is 2. The summed E-state index contributed by atoms with van der Waals surface area (Å²) in [5, 5.41) is 40.5. The first-order chi connectivity index (χ1) is 14.9. The van der Waals surface area contributed by atoms with Gasteiger partial charge in [0.15, 0.2) is 0 Å². The van der Waals surface area contributed by atoms with Crippen molar-refractivity contribution in [3.63, 3.8) is 0 Å². The molecule has 1 aliphatic heterocycles. The fourth-order valence-corrected chi connectivity index (χ4v) is 4.09. The molecule has 166 valence electrons. The highest BCUT2D eigenvalue weighted by molar-refractivity contribution is 5.87. The molecule has 1 aliphatic rings. The van der Waals surface area contributed by atoms with Crippen molar-refractivity contribution in [3.05, 3.63) is 64.9 Å². The molecule has 1 aromatic heterocycles. The Morgan fingerprint density at radius 2 is 1.71 bits per heavy atom. The normalized spacial score (nSPS) is 26.3. The van der Waals surface area contributed by atoms with E-state index in [1.165, 1.54) is 16.7 Å². The van der Waals surface area contributed by atoms with E-state index >= 15 is 0 Å². The van der Waals surface area contributed by atoms with Crippen LogP contribution in [0.15, 0.2) is 47.1 Å². The summed E-state index contributed by atoms with van der Waals surface area (Å²) in [4.78, 5) is 0. The van der Waals surface area contributed by atoms with Crippen LogP contribution in [-0.4, -0.2) is 57.7 Å². The van der Waals surface area contributed by atoms with Gasteiger partial charge in [-0.15, -0.1) is 0 Å². The molecule has 7 nitrogen and oxygen atoms in total. The lowest BCUT2D eigenvalue weighted by Gasteiger charge is -2.39.